The van der Waals surface area contributed by atoms with Crippen LogP contribution in [0.5, 0.6) is 11.5 Å². The van der Waals surface area contributed by atoms with Gasteiger partial charge in [-0.3, -0.25) is 25.0 Å². The molecule has 6 unspecified atom stereocenters. The highest BCUT2D eigenvalue weighted by Gasteiger charge is 2.65. The Labute approximate surface area is 400 Å². The van der Waals surface area contributed by atoms with Crippen molar-refractivity contribution in [2.75, 3.05) is 52.7 Å². The number of unbranched alkanes of at least 4 members (excludes halogenated alkanes) is 2. The molecule has 0 saturated heterocycles. The lowest BCUT2D eigenvalue weighted by atomic mass is 9.55. The number of carbonyl (C=O) groups excluding carboxylic acids is 2. The molecule has 6 rings (SSSR count). The van der Waals surface area contributed by atoms with E-state index in [0.29, 0.717) is 67.7 Å². The van der Waals surface area contributed by atoms with Gasteiger partial charge in [0.1, 0.15) is 24.1 Å². The molecule has 6 atom stereocenters. The number of aliphatic hydroxyl groups excluding tert-OH is 3. The zero-order valence-electron chi connectivity index (χ0n) is 38.7. The van der Waals surface area contributed by atoms with Crippen molar-refractivity contribution in [3.05, 3.63) is 134 Å². The number of ether oxygens (including phenoxy) is 4. The summed E-state index contributed by atoms with van der Waals surface area (Å²) in [5, 5.41) is 59.8. The zero-order valence-corrected chi connectivity index (χ0v) is 38.7. The molecule has 3 aromatic carbocycles. The molecule has 4 N–H and O–H groups in total. The van der Waals surface area contributed by atoms with E-state index in [1.807, 2.05) is 0 Å². The van der Waals surface area contributed by atoms with Gasteiger partial charge in [-0.25, -0.2) is 4.79 Å². The summed E-state index contributed by atoms with van der Waals surface area (Å²) < 4.78 is 25.8. The van der Waals surface area contributed by atoms with E-state index in [4.69, 9.17) is 28.9 Å². The summed E-state index contributed by atoms with van der Waals surface area (Å²) in [5.41, 5.74) is 2.89. The predicted molar refractivity (Wildman–Crippen MR) is 254 cm³/mol. The molecule has 0 aromatic heterocycles. The zero-order chi connectivity index (χ0) is 49.3. The summed E-state index contributed by atoms with van der Waals surface area (Å²) >= 11 is 0. The number of nitro groups is 2. The second-order valence-electron chi connectivity index (χ2n) is 16.9. The fourth-order valence-corrected chi connectivity index (χ4v) is 9.62. The van der Waals surface area contributed by atoms with Gasteiger partial charge in [0.25, 0.3) is 11.4 Å². The van der Waals surface area contributed by atoms with Crippen LogP contribution in [-0.2, 0) is 25.7 Å². The summed E-state index contributed by atoms with van der Waals surface area (Å²) in [4.78, 5) is 57.2. The first-order valence-corrected chi connectivity index (χ1v) is 23.3. The summed E-state index contributed by atoms with van der Waals surface area (Å²) in [6.45, 7) is 5.76. The molecule has 1 saturated carbocycles. The van der Waals surface area contributed by atoms with Crippen molar-refractivity contribution < 1.29 is 58.5 Å². The van der Waals surface area contributed by atoms with Crippen LogP contribution in [0.1, 0.15) is 74.5 Å². The van der Waals surface area contributed by atoms with Gasteiger partial charge in [-0.1, -0.05) is 30.1 Å². The van der Waals surface area contributed by atoms with Gasteiger partial charge < -0.3 is 49.3 Å². The summed E-state index contributed by atoms with van der Waals surface area (Å²) in [6.07, 6.45) is 9.86. The number of aliphatic hydroxyl groups is 3. The van der Waals surface area contributed by atoms with Crippen LogP contribution >= 0.6 is 0 Å². The van der Waals surface area contributed by atoms with Crippen LogP contribution in [0.25, 0.3) is 6.08 Å². The van der Waals surface area contributed by atoms with Crippen molar-refractivity contribution in [3.8, 4) is 11.5 Å². The second-order valence-corrected chi connectivity index (χ2v) is 16.9. The van der Waals surface area contributed by atoms with Crippen molar-refractivity contribution in [3.63, 3.8) is 0 Å². The van der Waals surface area contributed by atoms with E-state index in [1.165, 1.54) is 42.5 Å². The number of amides is 2. The molecule has 3 aliphatic rings. The molecule has 1 fully saturated rings. The number of fused-ring (bicyclic) bond motifs is 2. The average Bonchev–Trinajstić information content (AvgIpc) is 3.34. The Hall–Kier alpha value is -6.51. The molecule has 69 heavy (non-hydrogen) atoms. The van der Waals surface area contributed by atoms with Gasteiger partial charge in [0.2, 0.25) is 11.7 Å². The van der Waals surface area contributed by atoms with Crippen LogP contribution < -0.4 is 14.8 Å². The molecule has 370 valence electrons. The molecular formula is C50H61N5O14. The quantitative estimate of drug-likeness (QED) is 0.0208. The van der Waals surface area contributed by atoms with Crippen LogP contribution in [0.15, 0.2) is 102 Å². The number of non-ortho nitro benzene ring substituents is 2. The number of carbonyl (C=O) groups is 2. The standard InChI is InChI=1S/C50H61N5O14/c1-3-27-66-50-45(53(23-28-65-29-26-58)46(59)22-15-34-11-16-37(17-12-34)54(61)62)32-43(52-67-33-35-13-18-38(19-14-35)55(63)64)41-30-36(9-5-7-24-56)40(10-6-8-25-57)47(48(41)50)42-31-39(20-21-44(42)69-50)68-49(60)51-4-2/h3,11-22,30-31,36,40,45,47-48,56-58H,1,4-10,23-29,32-33H2,2H3,(H,51,60). The van der Waals surface area contributed by atoms with E-state index in [1.54, 1.807) is 54.3 Å². The minimum Gasteiger partial charge on any atom is -0.459 e. The lowest BCUT2D eigenvalue weighted by Gasteiger charge is -2.60. The lowest BCUT2D eigenvalue weighted by Crippen LogP contribution is -2.70. The summed E-state index contributed by atoms with van der Waals surface area (Å²) in [6, 6.07) is 15.8. The molecule has 0 bridgehead atoms. The van der Waals surface area contributed by atoms with Gasteiger partial charge in [-0.2, -0.15) is 0 Å². The average molecular weight is 956 g/mol. The van der Waals surface area contributed by atoms with Crippen molar-refractivity contribution in [1.29, 1.82) is 0 Å². The molecule has 1 aliphatic heterocycles. The highest BCUT2D eigenvalue weighted by Crippen LogP contribution is 2.62. The van der Waals surface area contributed by atoms with Gasteiger partial charge in [0, 0.05) is 74.5 Å². The van der Waals surface area contributed by atoms with Crippen molar-refractivity contribution in [2.45, 2.75) is 76.2 Å². The molecule has 19 heteroatoms. The van der Waals surface area contributed by atoms with E-state index in [9.17, 15) is 45.1 Å². The third-order valence-electron chi connectivity index (χ3n) is 12.6. The number of nitrogens with zero attached hydrogens (tertiary/aromatic N) is 4. The maximum atomic E-state index is 14.9. The fraction of sp³-hybridized carbons (Fsp3) is 0.460. The number of oxime groups is 1. The first-order valence-electron chi connectivity index (χ1n) is 23.3. The number of allylic oxidation sites excluding steroid dienone is 1. The van der Waals surface area contributed by atoms with E-state index >= 15 is 0 Å². The topological polar surface area (TPSA) is 255 Å². The smallest absolute Gasteiger partial charge is 0.412 e. The Morgan fingerprint density at radius 2 is 1.64 bits per heavy atom. The molecular weight excluding hydrogens is 895 g/mol. The van der Waals surface area contributed by atoms with Crippen LogP contribution in [-0.4, -0.2) is 112 Å². The highest BCUT2D eigenvalue weighted by molar-refractivity contribution is 6.03. The maximum absolute atomic E-state index is 14.9. The minimum absolute atomic E-state index is 0.000548. The van der Waals surface area contributed by atoms with E-state index in [2.05, 4.69) is 18.0 Å². The molecule has 0 spiro atoms. The Kier molecular flexibility index (Phi) is 18.9. The number of benzene rings is 3. The van der Waals surface area contributed by atoms with Crippen molar-refractivity contribution >= 4 is 35.2 Å². The molecule has 3 aromatic rings. The van der Waals surface area contributed by atoms with Crippen LogP contribution in [0.4, 0.5) is 16.2 Å². The monoisotopic (exact) mass is 955 g/mol. The second kappa shape index (κ2) is 25.2. The Balaban J connectivity index is 1.57. The Morgan fingerprint density at radius 1 is 0.942 bits per heavy atom. The molecule has 2 amide bonds. The third kappa shape index (κ3) is 12.8. The van der Waals surface area contributed by atoms with Gasteiger partial charge >= 0.3 is 6.09 Å². The van der Waals surface area contributed by atoms with Crippen molar-refractivity contribution in [2.24, 2.45) is 22.9 Å². The highest BCUT2D eigenvalue weighted by atomic mass is 16.7. The number of hydrogen-bond donors (Lipinski definition) is 4. The molecule has 2 aliphatic carbocycles. The van der Waals surface area contributed by atoms with E-state index in [-0.39, 0.29) is 88.2 Å². The largest absolute Gasteiger partial charge is 0.459 e. The number of nitrogens with one attached hydrogen (secondary N) is 1. The Bertz CT molecular complexity index is 2340. The van der Waals surface area contributed by atoms with Gasteiger partial charge in [0.05, 0.1) is 47.9 Å². The van der Waals surface area contributed by atoms with Crippen LogP contribution in [0.2, 0.25) is 0 Å². The molecule has 1 heterocycles. The van der Waals surface area contributed by atoms with Crippen LogP contribution in [0, 0.1) is 38.0 Å². The first kappa shape index (κ1) is 51.9. The normalized spacial score (nSPS) is 21.9. The van der Waals surface area contributed by atoms with Gasteiger partial charge in [-0.15, -0.1) is 6.58 Å². The van der Waals surface area contributed by atoms with Gasteiger partial charge in [0.15, 0.2) is 0 Å². The third-order valence-corrected chi connectivity index (χ3v) is 12.6. The van der Waals surface area contributed by atoms with Gasteiger partial charge in [-0.05, 0) is 110 Å². The lowest BCUT2D eigenvalue weighted by molar-refractivity contribution is -0.385. The van der Waals surface area contributed by atoms with E-state index in [0.717, 1.165) is 11.1 Å². The first-order chi connectivity index (χ1) is 33.5. The van der Waals surface area contributed by atoms with E-state index < -0.39 is 45.5 Å². The molecule has 0 radical (unpaired) electrons. The molecule has 19 nitrogen and oxygen atoms in total. The minimum atomic E-state index is -1.66. The summed E-state index contributed by atoms with van der Waals surface area (Å²) in [7, 11) is 0. The van der Waals surface area contributed by atoms with Crippen molar-refractivity contribution in [1.82, 2.24) is 10.2 Å². The van der Waals surface area contributed by atoms with Crippen LogP contribution in [0.3, 0.4) is 0 Å². The fourth-order valence-electron chi connectivity index (χ4n) is 9.62. The number of hydrogen-bond acceptors (Lipinski definition) is 15. The SMILES string of the molecule is C=CCOC12Oc3ccc(OC(=O)NCC)cc3C3C(CCCCO)C(CCCCO)C=C(C(=NOCc4ccc([N+](=O)[O-])cc4)CC1N(CCOCCO)C(=O)C=Cc1ccc([N+](=O)[O-])cc1)C32. The Morgan fingerprint density at radius 3 is 2.29 bits per heavy atom. The summed E-state index contributed by atoms with van der Waals surface area (Å²) in [5.74, 6) is -2.86. The number of rotatable bonds is 26. The predicted octanol–water partition coefficient (Wildman–Crippen LogP) is 7.00. The number of nitro benzene ring substituents is 2. The maximum Gasteiger partial charge on any atom is 0.412 e.